The number of benzene rings is 1. The molecule has 0 amide bonds. The highest BCUT2D eigenvalue weighted by molar-refractivity contribution is 5.78. The lowest BCUT2D eigenvalue weighted by molar-refractivity contribution is 0.112. The second-order valence-corrected chi connectivity index (χ2v) is 5.64. The van der Waals surface area contributed by atoms with Gasteiger partial charge in [0.15, 0.2) is 0 Å². The number of rotatable bonds is 4. The normalized spacial score (nSPS) is 23.9. The van der Waals surface area contributed by atoms with Gasteiger partial charge >= 0.3 is 0 Å². The van der Waals surface area contributed by atoms with Gasteiger partial charge in [0.1, 0.15) is 6.29 Å². The fourth-order valence-corrected chi connectivity index (χ4v) is 3.62. The number of hydrogen-bond donors (Lipinski definition) is 0. The van der Waals surface area contributed by atoms with E-state index in [-0.39, 0.29) is 0 Å². The fraction of sp³-hybridized carbons (Fsp3) is 0.588. The lowest BCUT2D eigenvalue weighted by atomic mass is 9.71. The van der Waals surface area contributed by atoms with E-state index in [1.165, 1.54) is 49.7 Å². The standard InChI is InChI=1S/C17H24O/c1-3-7-14-9-4-5-11-16(14)17-13(2)8-6-10-15(17)12-18/h6,8,10,12,14,16H,3-5,7,9,11H2,1-2H3. The summed E-state index contributed by atoms with van der Waals surface area (Å²) in [6, 6.07) is 6.13. The molecule has 1 aliphatic carbocycles. The van der Waals surface area contributed by atoms with E-state index < -0.39 is 0 Å². The molecule has 1 aliphatic rings. The monoisotopic (exact) mass is 244 g/mol. The van der Waals surface area contributed by atoms with E-state index >= 15 is 0 Å². The third kappa shape index (κ3) is 2.66. The molecule has 2 atom stereocenters. The Morgan fingerprint density at radius 3 is 2.78 bits per heavy atom. The molecule has 0 aromatic heterocycles. The summed E-state index contributed by atoms with van der Waals surface area (Å²) in [7, 11) is 0. The average molecular weight is 244 g/mol. The van der Waals surface area contributed by atoms with Crippen LogP contribution >= 0.6 is 0 Å². The smallest absolute Gasteiger partial charge is 0.150 e. The van der Waals surface area contributed by atoms with Crippen LogP contribution in [0.25, 0.3) is 0 Å². The second kappa shape index (κ2) is 6.17. The summed E-state index contributed by atoms with van der Waals surface area (Å²) in [5, 5.41) is 0. The van der Waals surface area contributed by atoms with Crippen LogP contribution in [0.2, 0.25) is 0 Å². The lowest BCUT2D eigenvalue weighted by Gasteiger charge is -2.33. The molecule has 0 aliphatic heterocycles. The highest BCUT2D eigenvalue weighted by Crippen LogP contribution is 2.42. The number of hydrogen-bond acceptors (Lipinski definition) is 1. The Morgan fingerprint density at radius 2 is 2.06 bits per heavy atom. The highest BCUT2D eigenvalue weighted by atomic mass is 16.1. The highest BCUT2D eigenvalue weighted by Gasteiger charge is 2.28. The van der Waals surface area contributed by atoms with Gasteiger partial charge in [-0.05, 0) is 42.7 Å². The molecule has 2 unspecified atom stereocenters. The number of aryl methyl sites for hydroxylation is 1. The molecule has 1 heteroatoms. The van der Waals surface area contributed by atoms with E-state index in [1.54, 1.807) is 0 Å². The maximum Gasteiger partial charge on any atom is 0.150 e. The Hall–Kier alpha value is -1.11. The summed E-state index contributed by atoms with van der Waals surface area (Å²) in [6.45, 7) is 4.42. The zero-order valence-electron chi connectivity index (χ0n) is 11.6. The Balaban J connectivity index is 2.35. The van der Waals surface area contributed by atoms with Gasteiger partial charge in [-0.25, -0.2) is 0 Å². The zero-order valence-corrected chi connectivity index (χ0v) is 11.6. The van der Waals surface area contributed by atoms with Crippen LogP contribution in [0.3, 0.4) is 0 Å². The molecule has 1 saturated carbocycles. The van der Waals surface area contributed by atoms with Crippen LogP contribution in [0, 0.1) is 12.8 Å². The summed E-state index contributed by atoms with van der Waals surface area (Å²) < 4.78 is 0. The van der Waals surface area contributed by atoms with Gasteiger partial charge in [-0.15, -0.1) is 0 Å². The van der Waals surface area contributed by atoms with E-state index in [9.17, 15) is 4.79 Å². The van der Waals surface area contributed by atoms with Gasteiger partial charge in [0.2, 0.25) is 0 Å². The van der Waals surface area contributed by atoms with E-state index in [0.29, 0.717) is 5.92 Å². The summed E-state index contributed by atoms with van der Waals surface area (Å²) in [6.07, 6.45) is 8.88. The summed E-state index contributed by atoms with van der Waals surface area (Å²) >= 11 is 0. The first-order valence-electron chi connectivity index (χ1n) is 7.32. The van der Waals surface area contributed by atoms with Gasteiger partial charge in [0.05, 0.1) is 0 Å². The third-order valence-corrected chi connectivity index (χ3v) is 4.42. The van der Waals surface area contributed by atoms with Gasteiger partial charge in [-0.1, -0.05) is 50.8 Å². The number of aldehydes is 1. The first kappa shape index (κ1) is 13.3. The zero-order chi connectivity index (χ0) is 13.0. The van der Waals surface area contributed by atoms with E-state index in [1.807, 2.05) is 12.1 Å². The number of carbonyl (C=O) groups excluding carboxylic acids is 1. The first-order valence-corrected chi connectivity index (χ1v) is 7.32. The number of carbonyl (C=O) groups is 1. The largest absolute Gasteiger partial charge is 0.298 e. The molecule has 0 saturated heterocycles. The molecule has 2 rings (SSSR count). The SMILES string of the molecule is CCCC1CCCCC1c1c(C)cccc1C=O. The van der Waals surface area contributed by atoms with E-state index in [2.05, 4.69) is 19.9 Å². The lowest BCUT2D eigenvalue weighted by Crippen LogP contribution is -2.20. The Morgan fingerprint density at radius 1 is 1.28 bits per heavy atom. The van der Waals surface area contributed by atoms with Crippen LogP contribution in [0.15, 0.2) is 18.2 Å². The fourth-order valence-electron chi connectivity index (χ4n) is 3.62. The minimum absolute atomic E-state index is 0.611. The van der Waals surface area contributed by atoms with E-state index in [0.717, 1.165) is 17.8 Å². The van der Waals surface area contributed by atoms with Gasteiger partial charge < -0.3 is 0 Å². The summed E-state index contributed by atoms with van der Waals surface area (Å²) in [5.74, 6) is 1.39. The summed E-state index contributed by atoms with van der Waals surface area (Å²) in [4.78, 5) is 11.3. The predicted octanol–water partition coefficient (Wildman–Crippen LogP) is 4.88. The van der Waals surface area contributed by atoms with Crippen LogP contribution in [0.4, 0.5) is 0 Å². The Labute approximate surface area is 111 Å². The quantitative estimate of drug-likeness (QED) is 0.690. The van der Waals surface area contributed by atoms with E-state index in [4.69, 9.17) is 0 Å². The van der Waals surface area contributed by atoms with Crippen molar-refractivity contribution in [3.8, 4) is 0 Å². The molecular formula is C17H24O. The van der Waals surface area contributed by atoms with Crippen molar-refractivity contribution in [2.24, 2.45) is 5.92 Å². The van der Waals surface area contributed by atoms with Crippen molar-refractivity contribution in [1.82, 2.24) is 0 Å². The van der Waals surface area contributed by atoms with Crippen LogP contribution in [-0.4, -0.2) is 6.29 Å². The van der Waals surface area contributed by atoms with Crippen molar-refractivity contribution in [3.63, 3.8) is 0 Å². The molecule has 0 heterocycles. The van der Waals surface area contributed by atoms with Gasteiger partial charge in [-0.3, -0.25) is 4.79 Å². The molecule has 0 bridgehead atoms. The molecule has 0 spiro atoms. The molecule has 98 valence electrons. The van der Waals surface area contributed by atoms with Crippen LogP contribution in [0.1, 0.15) is 72.9 Å². The van der Waals surface area contributed by atoms with Gasteiger partial charge in [-0.2, -0.15) is 0 Å². The van der Waals surface area contributed by atoms with Crippen molar-refractivity contribution in [2.75, 3.05) is 0 Å². The molecule has 0 radical (unpaired) electrons. The average Bonchev–Trinajstić information content (AvgIpc) is 2.40. The molecule has 18 heavy (non-hydrogen) atoms. The van der Waals surface area contributed by atoms with Crippen molar-refractivity contribution in [2.45, 2.75) is 58.3 Å². The molecule has 1 aromatic carbocycles. The topological polar surface area (TPSA) is 17.1 Å². The van der Waals surface area contributed by atoms with Crippen molar-refractivity contribution >= 4 is 6.29 Å². The van der Waals surface area contributed by atoms with Crippen molar-refractivity contribution < 1.29 is 4.79 Å². The predicted molar refractivity (Wildman–Crippen MR) is 76.2 cm³/mol. The minimum Gasteiger partial charge on any atom is -0.298 e. The second-order valence-electron chi connectivity index (χ2n) is 5.64. The Kier molecular flexibility index (Phi) is 4.57. The molecule has 1 fully saturated rings. The van der Waals surface area contributed by atoms with Gasteiger partial charge in [0, 0.05) is 5.56 Å². The first-order chi connectivity index (χ1) is 8.77. The molecule has 1 nitrogen and oxygen atoms in total. The maximum absolute atomic E-state index is 11.3. The Bertz CT molecular complexity index is 406. The van der Waals surface area contributed by atoms with Crippen molar-refractivity contribution in [1.29, 1.82) is 0 Å². The summed E-state index contributed by atoms with van der Waals surface area (Å²) in [5.41, 5.74) is 3.56. The van der Waals surface area contributed by atoms with Crippen molar-refractivity contribution in [3.05, 3.63) is 34.9 Å². The van der Waals surface area contributed by atoms with Crippen LogP contribution < -0.4 is 0 Å². The van der Waals surface area contributed by atoms with Crippen LogP contribution in [-0.2, 0) is 0 Å². The molecule has 0 N–H and O–H groups in total. The maximum atomic E-state index is 11.3. The van der Waals surface area contributed by atoms with Crippen LogP contribution in [0.5, 0.6) is 0 Å². The minimum atomic E-state index is 0.611. The molecule has 1 aromatic rings. The third-order valence-electron chi connectivity index (χ3n) is 4.42. The molecular weight excluding hydrogens is 220 g/mol. The van der Waals surface area contributed by atoms with Gasteiger partial charge in [0.25, 0.3) is 0 Å².